The van der Waals surface area contributed by atoms with Crippen LogP contribution in [0.5, 0.6) is 0 Å². The number of nitrogens with two attached hydrogens (primary N) is 1. The van der Waals surface area contributed by atoms with Crippen LogP contribution in [0.1, 0.15) is 0 Å². The lowest BCUT2D eigenvalue weighted by atomic mass is 10.3. The molecular weight excluding hydrogens is 204 g/mol. The Bertz CT molecular complexity index is 278. The molecule has 0 radical (unpaired) electrons. The first kappa shape index (κ1) is 10.5. The third-order valence-corrected chi connectivity index (χ3v) is 2.48. The zero-order valence-corrected chi connectivity index (χ0v) is 9.08. The highest BCUT2D eigenvalue weighted by Crippen LogP contribution is 2.22. The number of hydrogen-bond donors (Lipinski definition) is 2. The zero-order chi connectivity index (χ0) is 9.68. The van der Waals surface area contributed by atoms with Crippen LogP contribution in [0.4, 0.5) is 11.4 Å². The third-order valence-electron chi connectivity index (χ3n) is 1.64. The third kappa shape index (κ3) is 3.36. The van der Waals surface area contributed by atoms with E-state index in [9.17, 15) is 0 Å². The maximum absolute atomic E-state index is 5.83. The van der Waals surface area contributed by atoms with Crippen LogP contribution in [0.2, 0.25) is 5.02 Å². The molecule has 0 unspecified atom stereocenters. The second kappa shape index (κ2) is 5.25. The first-order chi connectivity index (χ1) is 6.24. The number of thioether (sulfide) groups is 1. The quantitative estimate of drug-likeness (QED) is 0.601. The second-order valence-electron chi connectivity index (χ2n) is 2.65. The highest BCUT2D eigenvalue weighted by atomic mass is 35.5. The monoisotopic (exact) mass is 216 g/mol. The van der Waals surface area contributed by atoms with E-state index in [4.69, 9.17) is 17.3 Å². The fraction of sp³-hybridized carbons (Fsp3) is 0.333. The summed E-state index contributed by atoms with van der Waals surface area (Å²) in [4.78, 5) is 0. The number of halogens is 1. The second-order valence-corrected chi connectivity index (χ2v) is 4.07. The van der Waals surface area contributed by atoms with Gasteiger partial charge in [0.15, 0.2) is 0 Å². The van der Waals surface area contributed by atoms with E-state index in [1.54, 1.807) is 17.8 Å². The molecule has 0 amide bonds. The normalized spacial score (nSPS) is 10.0. The summed E-state index contributed by atoms with van der Waals surface area (Å²) in [7, 11) is 0. The van der Waals surface area contributed by atoms with Crippen molar-refractivity contribution in [2.45, 2.75) is 0 Å². The lowest BCUT2D eigenvalue weighted by Crippen LogP contribution is -2.05. The minimum Gasteiger partial charge on any atom is -0.397 e. The number of anilines is 2. The van der Waals surface area contributed by atoms with Crippen LogP contribution in [0.25, 0.3) is 0 Å². The van der Waals surface area contributed by atoms with Crippen LogP contribution >= 0.6 is 23.4 Å². The molecule has 2 nitrogen and oxygen atoms in total. The van der Waals surface area contributed by atoms with E-state index in [0.29, 0.717) is 5.02 Å². The molecule has 0 atom stereocenters. The van der Waals surface area contributed by atoms with Gasteiger partial charge in [0, 0.05) is 17.3 Å². The van der Waals surface area contributed by atoms with E-state index in [1.165, 1.54) is 0 Å². The van der Waals surface area contributed by atoms with E-state index in [0.717, 1.165) is 23.7 Å². The van der Waals surface area contributed by atoms with Gasteiger partial charge in [0.25, 0.3) is 0 Å². The summed E-state index contributed by atoms with van der Waals surface area (Å²) in [5.41, 5.74) is 7.40. The molecule has 0 aliphatic carbocycles. The summed E-state index contributed by atoms with van der Waals surface area (Å²) in [6.45, 7) is 0.908. The molecule has 4 heteroatoms. The molecule has 0 aliphatic heterocycles. The molecule has 1 aromatic carbocycles. The molecule has 0 aromatic heterocycles. The number of hydrogen-bond acceptors (Lipinski definition) is 3. The first-order valence-corrected chi connectivity index (χ1v) is 5.79. The van der Waals surface area contributed by atoms with Crippen molar-refractivity contribution in [1.29, 1.82) is 0 Å². The summed E-state index contributed by atoms with van der Waals surface area (Å²) >= 11 is 7.62. The summed E-state index contributed by atoms with van der Waals surface area (Å²) in [6.07, 6.45) is 2.07. The molecule has 0 saturated heterocycles. The molecule has 72 valence electrons. The molecule has 0 bridgehead atoms. The van der Waals surface area contributed by atoms with E-state index in [-0.39, 0.29) is 0 Å². The number of nitrogens with one attached hydrogen (secondary N) is 1. The molecule has 0 fully saturated rings. The number of nitrogen functional groups attached to an aromatic ring is 1. The van der Waals surface area contributed by atoms with Crippen molar-refractivity contribution in [3.63, 3.8) is 0 Å². The fourth-order valence-electron chi connectivity index (χ4n) is 0.969. The Balaban J connectivity index is 2.59. The molecule has 3 N–H and O–H groups in total. The van der Waals surface area contributed by atoms with Crippen LogP contribution in [0.3, 0.4) is 0 Å². The molecule has 1 aromatic rings. The predicted molar refractivity (Wildman–Crippen MR) is 62.7 cm³/mol. The molecule has 13 heavy (non-hydrogen) atoms. The van der Waals surface area contributed by atoms with Gasteiger partial charge in [-0.1, -0.05) is 11.6 Å². The van der Waals surface area contributed by atoms with Crippen molar-refractivity contribution in [2.75, 3.05) is 29.6 Å². The van der Waals surface area contributed by atoms with Gasteiger partial charge in [-0.15, -0.1) is 0 Å². The van der Waals surface area contributed by atoms with Crippen LogP contribution < -0.4 is 11.1 Å². The van der Waals surface area contributed by atoms with Gasteiger partial charge in [-0.25, -0.2) is 0 Å². The Labute approximate surface area is 87.8 Å². The van der Waals surface area contributed by atoms with Gasteiger partial charge >= 0.3 is 0 Å². The van der Waals surface area contributed by atoms with Crippen molar-refractivity contribution in [3.8, 4) is 0 Å². The van der Waals surface area contributed by atoms with Gasteiger partial charge < -0.3 is 11.1 Å². The highest BCUT2D eigenvalue weighted by molar-refractivity contribution is 7.98. The van der Waals surface area contributed by atoms with Gasteiger partial charge in [0.1, 0.15) is 0 Å². The Morgan fingerprint density at radius 1 is 1.54 bits per heavy atom. The van der Waals surface area contributed by atoms with Crippen LogP contribution in [-0.2, 0) is 0 Å². The predicted octanol–water partition coefficient (Wildman–Crippen LogP) is 2.70. The van der Waals surface area contributed by atoms with Gasteiger partial charge in [0.2, 0.25) is 0 Å². The summed E-state index contributed by atoms with van der Waals surface area (Å²) in [6, 6.07) is 5.44. The molecular formula is C9H13ClN2S. The minimum atomic E-state index is 0.709. The van der Waals surface area contributed by atoms with Crippen molar-refractivity contribution in [3.05, 3.63) is 23.2 Å². The average Bonchev–Trinajstić information content (AvgIpc) is 2.11. The Hall–Kier alpha value is -0.540. The van der Waals surface area contributed by atoms with E-state index in [1.807, 2.05) is 12.1 Å². The smallest absolute Gasteiger partial charge is 0.0589 e. The van der Waals surface area contributed by atoms with E-state index < -0.39 is 0 Å². The Morgan fingerprint density at radius 3 is 3.00 bits per heavy atom. The SMILES string of the molecule is CSCCNc1cc(Cl)ccc1N. The highest BCUT2D eigenvalue weighted by Gasteiger charge is 1.98. The van der Waals surface area contributed by atoms with Crippen molar-refractivity contribution in [1.82, 2.24) is 0 Å². The standard InChI is InChI=1S/C9H13ClN2S/c1-13-5-4-12-9-6-7(10)2-3-8(9)11/h2-3,6,12H,4-5,11H2,1H3. The lowest BCUT2D eigenvalue weighted by molar-refractivity contribution is 1.23. The lowest BCUT2D eigenvalue weighted by Gasteiger charge is -2.08. The zero-order valence-electron chi connectivity index (χ0n) is 7.51. The summed E-state index contributed by atoms with van der Waals surface area (Å²) in [5.74, 6) is 1.06. The van der Waals surface area contributed by atoms with Crippen molar-refractivity contribution >= 4 is 34.7 Å². The van der Waals surface area contributed by atoms with Gasteiger partial charge in [-0.2, -0.15) is 11.8 Å². The molecule has 0 saturated carbocycles. The largest absolute Gasteiger partial charge is 0.397 e. The Morgan fingerprint density at radius 2 is 2.31 bits per heavy atom. The van der Waals surface area contributed by atoms with E-state index in [2.05, 4.69) is 11.6 Å². The first-order valence-electron chi connectivity index (χ1n) is 4.02. The van der Waals surface area contributed by atoms with Crippen LogP contribution in [0.15, 0.2) is 18.2 Å². The van der Waals surface area contributed by atoms with E-state index >= 15 is 0 Å². The molecule has 0 aliphatic rings. The maximum Gasteiger partial charge on any atom is 0.0589 e. The minimum absolute atomic E-state index is 0.709. The van der Waals surface area contributed by atoms with Crippen molar-refractivity contribution in [2.24, 2.45) is 0 Å². The average molecular weight is 217 g/mol. The topological polar surface area (TPSA) is 38.0 Å². The van der Waals surface area contributed by atoms with Crippen LogP contribution in [0, 0.1) is 0 Å². The number of rotatable bonds is 4. The van der Waals surface area contributed by atoms with Gasteiger partial charge in [-0.05, 0) is 24.5 Å². The molecule has 0 spiro atoms. The summed E-state index contributed by atoms with van der Waals surface area (Å²) in [5, 5.41) is 3.93. The van der Waals surface area contributed by atoms with Crippen molar-refractivity contribution < 1.29 is 0 Å². The molecule has 1 rings (SSSR count). The van der Waals surface area contributed by atoms with Gasteiger partial charge in [-0.3, -0.25) is 0 Å². The van der Waals surface area contributed by atoms with Gasteiger partial charge in [0.05, 0.1) is 11.4 Å². The van der Waals surface area contributed by atoms with Crippen LogP contribution in [-0.4, -0.2) is 18.6 Å². The maximum atomic E-state index is 5.83. The molecule has 0 heterocycles. The fourth-order valence-corrected chi connectivity index (χ4v) is 1.45. The number of benzene rings is 1. The Kier molecular flexibility index (Phi) is 4.25. The summed E-state index contributed by atoms with van der Waals surface area (Å²) < 4.78 is 0.